The van der Waals surface area contributed by atoms with Crippen LogP contribution in [0.5, 0.6) is 11.5 Å². The first-order valence-electron chi connectivity index (χ1n) is 7.42. The highest BCUT2D eigenvalue weighted by Gasteiger charge is 2.09. The third-order valence-electron chi connectivity index (χ3n) is 3.38. The Bertz CT molecular complexity index is 736. The number of rotatable bonds is 7. The predicted molar refractivity (Wildman–Crippen MR) is 92.4 cm³/mol. The van der Waals surface area contributed by atoms with E-state index in [9.17, 15) is 4.79 Å². The van der Waals surface area contributed by atoms with E-state index in [2.05, 4.69) is 16.7 Å². The molecule has 2 rings (SSSR count). The summed E-state index contributed by atoms with van der Waals surface area (Å²) in [6.07, 6.45) is 0.292. The maximum atomic E-state index is 12.1. The zero-order valence-electron chi connectivity index (χ0n) is 13.6. The van der Waals surface area contributed by atoms with E-state index in [0.717, 1.165) is 5.69 Å². The third-order valence-corrected chi connectivity index (χ3v) is 3.38. The van der Waals surface area contributed by atoms with Crippen LogP contribution in [0.15, 0.2) is 42.5 Å². The highest BCUT2D eigenvalue weighted by atomic mass is 16.5. The van der Waals surface area contributed by atoms with E-state index in [1.54, 1.807) is 44.6 Å². The first-order valence-corrected chi connectivity index (χ1v) is 7.42. The maximum absolute atomic E-state index is 12.1. The molecule has 0 aliphatic heterocycles. The number of carbonyl (C=O) groups is 1. The summed E-state index contributed by atoms with van der Waals surface area (Å²) in [5.41, 5.74) is 2.03. The van der Waals surface area contributed by atoms with E-state index in [1.165, 1.54) is 0 Å². The van der Waals surface area contributed by atoms with Crippen molar-refractivity contribution in [2.75, 3.05) is 31.4 Å². The molecule has 0 spiro atoms. The number of nitrogens with one attached hydrogen (secondary N) is 2. The van der Waals surface area contributed by atoms with Crippen molar-refractivity contribution in [2.24, 2.45) is 0 Å². The van der Waals surface area contributed by atoms with Crippen LogP contribution in [0.3, 0.4) is 0 Å². The highest BCUT2D eigenvalue weighted by molar-refractivity contribution is 5.92. The molecule has 1 amide bonds. The predicted octanol–water partition coefficient (Wildman–Crippen LogP) is 3.02. The van der Waals surface area contributed by atoms with Gasteiger partial charge in [0.15, 0.2) is 0 Å². The average molecular weight is 325 g/mol. The Morgan fingerprint density at radius 3 is 2.50 bits per heavy atom. The molecule has 0 aromatic heterocycles. The summed E-state index contributed by atoms with van der Waals surface area (Å²) in [5, 5.41) is 14.7. The number of carbonyl (C=O) groups excluding carboxylic acids is 1. The molecule has 0 atom stereocenters. The smallest absolute Gasteiger partial charge is 0.226 e. The second-order valence-corrected chi connectivity index (χ2v) is 4.98. The van der Waals surface area contributed by atoms with Crippen LogP contribution in [0, 0.1) is 11.3 Å². The molecular weight excluding hydrogens is 306 g/mol. The highest BCUT2D eigenvalue weighted by Crippen LogP contribution is 2.28. The number of nitrogens with zero attached hydrogens (tertiary/aromatic N) is 1. The number of hydrogen-bond donors (Lipinski definition) is 2. The van der Waals surface area contributed by atoms with E-state index in [4.69, 9.17) is 14.7 Å². The van der Waals surface area contributed by atoms with Crippen LogP contribution in [0.1, 0.15) is 12.0 Å². The Balaban J connectivity index is 1.88. The van der Waals surface area contributed by atoms with Crippen molar-refractivity contribution in [2.45, 2.75) is 6.42 Å². The van der Waals surface area contributed by atoms with Gasteiger partial charge in [-0.25, -0.2) is 0 Å². The molecule has 0 fully saturated rings. The lowest BCUT2D eigenvalue weighted by Crippen LogP contribution is -2.16. The average Bonchev–Trinajstić information content (AvgIpc) is 2.62. The second-order valence-electron chi connectivity index (χ2n) is 4.98. The largest absolute Gasteiger partial charge is 0.497 e. The van der Waals surface area contributed by atoms with Crippen LogP contribution < -0.4 is 20.1 Å². The van der Waals surface area contributed by atoms with Gasteiger partial charge in [0, 0.05) is 24.7 Å². The molecule has 2 N–H and O–H groups in total. The van der Waals surface area contributed by atoms with Crippen molar-refractivity contribution in [3.8, 4) is 17.6 Å². The van der Waals surface area contributed by atoms with Crippen molar-refractivity contribution in [1.82, 2.24) is 0 Å². The number of hydrogen-bond acceptors (Lipinski definition) is 5. The maximum Gasteiger partial charge on any atom is 0.226 e. The van der Waals surface area contributed by atoms with Gasteiger partial charge in [0.2, 0.25) is 5.91 Å². The van der Waals surface area contributed by atoms with Gasteiger partial charge in [-0.2, -0.15) is 5.26 Å². The zero-order valence-corrected chi connectivity index (χ0v) is 13.6. The van der Waals surface area contributed by atoms with Gasteiger partial charge >= 0.3 is 0 Å². The third kappa shape index (κ3) is 4.65. The van der Waals surface area contributed by atoms with Crippen molar-refractivity contribution in [1.29, 1.82) is 5.26 Å². The van der Waals surface area contributed by atoms with Crippen molar-refractivity contribution < 1.29 is 14.3 Å². The number of nitriles is 1. The number of amides is 1. The molecule has 2 aromatic rings. The lowest BCUT2D eigenvalue weighted by atomic mass is 10.2. The van der Waals surface area contributed by atoms with Gasteiger partial charge in [-0.3, -0.25) is 4.79 Å². The van der Waals surface area contributed by atoms with Crippen molar-refractivity contribution >= 4 is 17.3 Å². The van der Waals surface area contributed by atoms with Gasteiger partial charge in [-0.15, -0.1) is 0 Å². The second kappa shape index (κ2) is 8.44. The molecule has 0 saturated heterocycles. The fourth-order valence-electron chi connectivity index (χ4n) is 2.11. The quantitative estimate of drug-likeness (QED) is 0.817. The summed E-state index contributed by atoms with van der Waals surface area (Å²) in [6, 6.07) is 14.3. The number of methoxy groups -OCH3 is 2. The van der Waals surface area contributed by atoms with Crippen LogP contribution >= 0.6 is 0 Å². The standard InChI is InChI=1S/C18H19N3O3/c1-23-15-7-8-17(24-2)16(11-15)21-18(22)9-10-20-14-5-3-13(12-19)4-6-14/h3-8,11,20H,9-10H2,1-2H3,(H,21,22). The fraction of sp³-hybridized carbons (Fsp3) is 0.222. The molecule has 124 valence electrons. The number of ether oxygens (including phenoxy) is 2. The minimum atomic E-state index is -0.136. The molecule has 0 heterocycles. The summed E-state index contributed by atoms with van der Waals surface area (Å²) in [5.74, 6) is 1.08. The van der Waals surface area contributed by atoms with Crippen LogP contribution in [0.4, 0.5) is 11.4 Å². The van der Waals surface area contributed by atoms with Crippen LogP contribution in [0.2, 0.25) is 0 Å². The molecular formula is C18H19N3O3. The molecule has 0 unspecified atom stereocenters. The SMILES string of the molecule is COc1ccc(OC)c(NC(=O)CCNc2ccc(C#N)cc2)c1. The van der Waals surface area contributed by atoms with Crippen LogP contribution in [-0.4, -0.2) is 26.7 Å². The zero-order chi connectivity index (χ0) is 17.4. The fourth-order valence-corrected chi connectivity index (χ4v) is 2.11. The number of anilines is 2. The summed E-state index contributed by atoms with van der Waals surface area (Å²) in [7, 11) is 3.11. The Morgan fingerprint density at radius 2 is 1.88 bits per heavy atom. The van der Waals surface area contributed by atoms with E-state index < -0.39 is 0 Å². The van der Waals surface area contributed by atoms with E-state index in [0.29, 0.717) is 35.7 Å². The van der Waals surface area contributed by atoms with E-state index in [-0.39, 0.29) is 5.91 Å². The molecule has 0 radical (unpaired) electrons. The first kappa shape index (κ1) is 17.2. The van der Waals surface area contributed by atoms with Gasteiger partial charge < -0.3 is 20.1 Å². The summed E-state index contributed by atoms with van der Waals surface area (Å²) in [4.78, 5) is 12.1. The van der Waals surface area contributed by atoms with Gasteiger partial charge in [0.25, 0.3) is 0 Å². The normalized spacial score (nSPS) is 9.71. The molecule has 6 heteroatoms. The Kier molecular flexibility index (Phi) is 6.03. The molecule has 0 aliphatic rings. The minimum absolute atomic E-state index is 0.136. The van der Waals surface area contributed by atoms with Crippen LogP contribution in [0.25, 0.3) is 0 Å². The first-order chi connectivity index (χ1) is 11.7. The summed E-state index contributed by atoms with van der Waals surface area (Å²) < 4.78 is 10.4. The molecule has 0 bridgehead atoms. The number of benzene rings is 2. The monoisotopic (exact) mass is 325 g/mol. The lowest BCUT2D eigenvalue weighted by molar-refractivity contribution is -0.116. The van der Waals surface area contributed by atoms with Crippen molar-refractivity contribution in [3.63, 3.8) is 0 Å². The Labute approximate surface area is 141 Å². The van der Waals surface area contributed by atoms with Gasteiger partial charge in [-0.05, 0) is 36.4 Å². The van der Waals surface area contributed by atoms with Crippen LogP contribution in [-0.2, 0) is 4.79 Å². The Hall–Kier alpha value is -3.20. The molecule has 2 aromatic carbocycles. The molecule has 0 aliphatic carbocycles. The van der Waals surface area contributed by atoms with Gasteiger partial charge in [0.1, 0.15) is 11.5 Å². The lowest BCUT2D eigenvalue weighted by Gasteiger charge is -2.12. The van der Waals surface area contributed by atoms with Crippen molar-refractivity contribution in [3.05, 3.63) is 48.0 Å². The molecule has 24 heavy (non-hydrogen) atoms. The molecule has 6 nitrogen and oxygen atoms in total. The van der Waals surface area contributed by atoms with Gasteiger partial charge in [0.05, 0.1) is 31.5 Å². The Morgan fingerprint density at radius 1 is 1.12 bits per heavy atom. The summed E-state index contributed by atoms with van der Waals surface area (Å²) in [6.45, 7) is 0.476. The summed E-state index contributed by atoms with van der Waals surface area (Å²) >= 11 is 0. The minimum Gasteiger partial charge on any atom is -0.497 e. The van der Waals surface area contributed by atoms with E-state index >= 15 is 0 Å². The molecule has 0 saturated carbocycles. The topological polar surface area (TPSA) is 83.4 Å². The van der Waals surface area contributed by atoms with E-state index in [1.807, 2.05) is 12.1 Å². The van der Waals surface area contributed by atoms with Gasteiger partial charge in [-0.1, -0.05) is 0 Å².